The zero-order valence-corrected chi connectivity index (χ0v) is 18.2. The number of rotatable bonds is 8. The summed E-state index contributed by atoms with van der Waals surface area (Å²) < 4.78 is 6.13. The molecule has 3 rings (SSSR count). The van der Waals surface area contributed by atoms with Crippen molar-refractivity contribution in [3.63, 3.8) is 0 Å². The largest absolute Gasteiger partial charge is 0.490 e. The van der Waals surface area contributed by atoms with Gasteiger partial charge in [0, 0.05) is 32.7 Å². The Morgan fingerprint density at radius 3 is 2.52 bits per heavy atom. The molecule has 6 heteroatoms. The second-order valence-electron chi connectivity index (χ2n) is 8.51. The molecule has 2 fully saturated rings. The Morgan fingerprint density at radius 2 is 1.90 bits per heavy atom. The van der Waals surface area contributed by atoms with Crippen LogP contribution in [0.4, 0.5) is 0 Å². The van der Waals surface area contributed by atoms with Gasteiger partial charge in [-0.3, -0.25) is 4.79 Å². The third-order valence-electron chi connectivity index (χ3n) is 6.08. The monoisotopic (exact) mass is 400 g/mol. The van der Waals surface area contributed by atoms with Gasteiger partial charge in [0.2, 0.25) is 5.91 Å². The summed E-state index contributed by atoms with van der Waals surface area (Å²) in [5.74, 6) is 1.91. The molecule has 0 atom stereocenters. The first-order valence-electron chi connectivity index (χ1n) is 11.0. The first-order valence-corrected chi connectivity index (χ1v) is 11.0. The first-order chi connectivity index (χ1) is 14.0. The van der Waals surface area contributed by atoms with Gasteiger partial charge >= 0.3 is 0 Å². The Morgan fingerprint density at radius 1 is 1.17 bits per heavy atom. The van der Waals surface area contributed by atoms with Crippen LogP contribution in [0, 0.1) is 5.41 Å². The topological polar surface area (TPSA) is 66.0 Å². The number of amides is 1. The number of hydrogen-bond acceptors (Lipinski definition) is 3. The molecule has 0 unspecified atom stereocenters. The van der Waals surface area contributed by atoms with Crippen LogP contribution in [-0.2, 0) is 11.3 Å². The third-order valence-corrected chi connectivity index (χ3v) is 6.08. The van der Waals surface area contributed by atoms with Crippen LogP contribution in [0.2, 0.25) is 0 Å². The van der Waals surface area contributed by atoms with Gasteiger partial charge in [-0.2, -0.15) is 0 Å². The molecular weight excluding hydrogens is 364 g/mol. The highest BCUT2D eigenvalue weighted by Gasteiger charge is 2.42. The van der Waals surface area contributed by atoms with Crippen molar-refractivity contribution < 1.29 is 9.53 Å². The number of benzene rings is 1. The fourth-order valence-corrected chi connectivity index (χ4v) is 4.17. The lowest BCUT2D eigenvalue weighted by molar-refractivity contribution is -0.138. The molecule has 1 aromatic rings. The van der Waals surface area contributed by atoms with E-state index in [9.17, 15) is 4.79 Å². The smallest absolute Gasteiger partial charge is 0.230 e. The highest BCUT2D eigenvalue weighted by molar-refractivity contribution is 5.85. The van der Waals surface area contributed by atoms with E-state index in [1.54, 1.807) is 4.90 Å². The van der Waals surface area contributed by atoms with E-state index in [4.69, 9.17) is 9.73 Å². The quantitative estimate of drug-likeness (QED) is 0.519. The van der Waals surface area contributed by atoms with E-state index in [-0.39, 0.29) is 11.3 Å². The van der Waals surface area contributed by atoms with Crippen molar-refractivity contribution >= 4 is 11.9 Å². The molecule has 0 radical (unpaired) electrons. The summed E-state index contributed by atoms with van der Waals surface area (Å²) in [6.07, 6.45) is 8.00. The van der Waals surface area contributed by atoms with Crippen molar-refractivity contribution in [3.8, 4) is 5.75 Å². The fraction of sp³-hybridized carbons (Fsp3) is 0.652. The third kappa shape index (κ3) is 5.43. The molecule has 29 heavy (non-hydrogen) atoms. The molecule has 2 aliphatic carbocycles. The zero-order valence-electron chi connectivity index (χ0n) is 18.2. The van der Waals surface area contributed by atoms with Crippen molar-refractivity contribution in [3.05, 3.63) is 29.8 Å². The van der Waals surface area contributed by atoms with Gasteiger partial charge in [-0.05, 0) is 45.1 Å². The second kappa shape index (κ2) is 9.99. The number of nitrogens with zero attached hydrogens (tertiary/aromatic N) is 2. The van der Waals surface area contributed by atoms with Crippen LogP contribution in [0.15, 0.2) is 29.3 Å². The molecule has 0 saturated heterocycles. The minimum atomic E-state index is -0.315. The maximum atomic E-state index is 12.8. The normalized spacial score (nSPS) is 18.8. The van der Waals surface area contributed by atoms with Crippen LogP contribution in [0.1, 0.15) is 57.4 Å². The molecule has 6 nitrogen and oxygen atoms in total. The Labute approximate surface area is 175 Å². The van der Waals surface area contributed by atoms with Gasteiger partial charge in [-0.1, -0.05) is 31.0 Å². The second-order valence-corrected chi connectivity index (χ2v) is 8.51. The van der Waals surface area contributed by atoms with E-state index in [1.165, 1.54) is 6.42 Å². The van der Waals surface area contributed by atoms with Crippen molar-refractivity contribution in [2.45, 2.75) is 64.5 Å². The summed E-state index contributed by atoms with van der Waals surface area (Å²) in [6, 6.07) is 8.16. The molecule has 0 aliphatic heterocycles. The highest BCUT2D eigenvalue weighted by atomic mass is 16.5. The van der Waals surface area contributed by atoms with E-state index < -0.39 is 0 Å². The Hall–Kier alpha value is -2.24. The molecule has 2 N–H and O–H groups in total. The number of nitrogens with one attached hydrogen (secondary N) is 2. The molecule has 1 aromatic carbocycles. The van der Waals surface area contributed by atoms with Gasteiger partial charge < -0.3 is 20.3 Å². The summed E-state index contributed by atoms with van der Waals surface area (Å²) in [5, 5.41) is 6.76. The summed E-state index contributed by atoms with van der Waals surface area (Å²) in [7, 11) is 3.70. The predicted molar refractivity (Wildman–Crippen MR) is 117 cm³/mol. The summed E-state index contributed by atoms with van der Waals surface area (Å²) >= 11 is 0. The number of carbonyl (C=O) groups is 1. The van der Waals surface area contributed by atoms with Crippen molar-refractivity contribution in [2.24, 2.45) is 10.4 Å². The number of guanidine groups is 1. The predicted octanol–water partition coefficient (Wildman–Crippen LogP) is 3.32. The Bertz CT molecular complexity index is 707. The molecule has 2 saturated carbocycles. The summed E-state index contributed by atoms with van der Waals surface area (Å²) in [5.41, 5.74) is 0.779. The van der Waals surface area contributed by atoms with E-state index in [1.807, 2.05) is 32.3 Å². The Balaban J connectivity index is 1.66. The van der Waals surface area contributed by atoms with Crippen LogP contribution in [0.3, 0.4) is 0 Å². The summed E-state index contributed by atoms with van der Waals surface area (Å²) in [6.45, 7) is 4.00. The number of para-hydroxylation sites is 1. The van der Waals surface area contributed by atoms with E-state index in [2.05, 4.69) is 23.6 Å². The van der Waals surface area contributed by atoms with Crippen molar-refractivity contribution in [1.82, 2.24) is 15.5 Å². The van der Waals surface area contributed by atoms with Crippen molar-refractivity contribution in [2.75, 3.05) is 27.2 Å². The first kappa shape index (κ1) is 21.5. The van der Waals surface area contributed by atoms with Gasteiger partial charge in [0.1, 0.15) is 5.75 Å². The molecular formula is C23H36N4O2. The molecule has 0 bridgehead atoms. The van der Waals surface area contributed by atoms with E-state index in [0.29, 0.717) is 19.2 Å². The lowest BCUT2D eigenvalue weighted by Crippen LogP contribution is -2.49. The van der Waals surface area contributed by atoms with Gasteiger partial charge in [0.25, 0.3) is 0 Å². The van der Waals surface area contributed by atoms with Crippen LogP contribution in [0.25, 0.3) is 0 Å². The lowest BCUT2D eigenvalue weighted by Gasteiger charge is -2.31. The minimum absolute atomic E-state index is 0.220. The van der Waals surface area contributed by atoms with Gasteiger partial charge in [-0.25, -0.2) is 4.99 Å². The number of aliphatic imine (C=N–C) groups is 1. The maximum absolute atomic E-state index is 12.8. The average Bonchev–Trinajstić information content (AvgIpc) is 3.17. The van der Waals surface area contributed by atoms with E-state index >= 15 is 0 Å². The van der Waals surface area contributed by atoms with E-state index in [0.717, 1.165) is 62.3 Å². The number of carbonyl (C=O) groups excluding carboxylic acids is 1. The van der Waals surface area contributed by atoms with Gasteiger partial charge in [-0.15, -0.1) is 0 Å². The molecule has 0 heterocycles. The zero-order chi connectivity index (χ0) is 20.7. The van der Waals surface area contributed by atoms with Crippen LogP contribution in [0.5, 0.6) is 5.75 Å². The SMILES string of the molecule is CCNC(=NCc1ccccc1OC1CCC1)NCC1(C(=O)N(C)C)CCCC1. The fourth-order valence-electron chi connectivity index (χ4n) is 4.17. The molecule has 1 amide bonds. The van der Waals surface area contributed by atoms with Crippen molar-refractivity contribution in [1.29, 1.82) is 0 Å². The van der Waals surface area contributed by atoms with Gasteiger partial charge in [0.05, 0.1) is 18.1 Å². The lowest BCUT2D eigenvalue weighted by atomic mass is 9.84. The minimum Gasteiger partial charge on any atom is -0.490 e. The highest BCUT2D eigenvalue weighted by Crippen LogP contribution is 2.39. The van der Waals surface area contributed by atoms with Crippen LogP contribution >= 0.6 is 0 Å². The summed E-state index contributed by atoms with van der Waals surface area (Å²) in [4.78, 5) is 19.3. The van der Waals surface area contributed by atoms with Gasteiger partial charge in [0.15, 0.2) is 5.96 Å². The number of hydrogen-bond donors (Lipinski definition) is 2. The van der Waals surface area contributed by atoms with Crippen LogP contribution in [-0.4, -0.2) is 50.1 Å². The maximum Gasteiger partial charge on any atom is 0.230 e. The molecule has 2 aliphatic rings. The number of ether oxygens (including phenoxy) is 1. The molecule has 0 spiro atoms. The molecule has 160 valence electrons. The average molecular weight is 401 g/mol. The Kier molecular flexibility index (Phi) is 7.40. The van der Waals surface area contributed by atoms with Crippen LogP contribution < -0.4 is 15.4 Å². The standard InChI is InChI=1S/C23H36N4O2/c1-4-24-22(26-17-23(14-7-8-15-23)21(28)27(2)3)25-16-18-10-5-6-13-20(18)29-19-11-9-12-19/h5-6,10,13,19H,4,7-9,11-12,14-17H2,1-3H3,(H2,24,25,26). The molecule has 0 aromatic heterocycles.